The molecule has 0 fully saturated rings. The molecule has 0 bridgehead atoms. The van der Waals surface area contributed by atoms with Crippen LogP contribution >= 0.6 is 7.82 Å². The molecular weight excluding hydrogens is 502 g/mol. The summed E-state index contributed by atoms with van der Waals surface area (Å²) in [5.41, 5.74) is 0. The van der Waals surface area contributed by atoms with E-state index in [-0.39, 0.29) is 6.61 Å². The van der Waals surface area contributed by atoms with Crippen LogP contribution in [0.1, 0.15) is 142 Å². The normalized spacial score (nSPS) is 11.4. The first-order valence-corrected chi connectivity index (χ1v) is 18.2. The van der Waals surface area contributed by atoms with E-state index < -0.39 is 18.2 Å². The van der Waals surface area contributed by atoms with Crippen molar-refractivity contribution in [1.82, 2.24) is 0 Å². The van der Waals surface area contributed by atoms with E-state index in [4.69, 9.17) is 27.3 Å². The van der Waals surface area contributed by atoms with Crippen molar-refractivity contribution in [3.63, 3.8) is 0 Å². The third-order valence-electron chi connectivity index (χ3n) is 5.46. The summed E-state index contributed by atoms with van der Waals surface area (Å²) in [5.74, 6) is 0. The molecule has 0 heterocycles. The van der Waals surface area contributed by atoms with Crippen LogP contribution in [0.2, 0.25) is 3.67 Å². The van der Waals surface area contributed by atoms with Crippen LogP contribution in [0.4, 0.5) is 0 Å². The van der Waals surface area contributed by atoms with Gasteiger partial charge in [0, 0.05) is 0 Å². The van der Waals surface area contributed by atoms with Crippen LogP contribution in [0, 0.1) is 0 Å². The molecule has 0 radical (unpaired) electrons. The van der Waals surface area contributed by atoms with E-state index >= 15 is 0 Å². The van der Waals surface area contributed by atoms with Crippen molar-refractivity contribution >= 4 is 46.2 Å². The number of rotatable bonds is 22. The molecule has 11 heteroatoms. The van der Waals surface area contributed by atoms with Gasteiger partial charge in [-0.05, 0) is 6.42 Å². The number of phosphoric ester groups is 1. The zero-order valence-corrected chi connectivity index (χ0v) is 26.5. The molecule has 0 aliphatic heterocycles. The van der Waals surface area contributed by atoms with E-state index in [1.807, 2.05) is 0 Å². The number of phosphoric acid groups is 1. The van der Waals surface area contributed by atoms with Gasteiger partial charge in [-0.1, -0.05) is 64.7 Å². The van der Waals surface area contributed by atoms with Gasteiger partial charge in [-0.3, -0.25) is 13.6 Å². The van der Waals surface area contributed by atoms with Gasteiger partial charge >= 0.3 is 121 Å². The second-order valence-electron chi connectivity index (χ2n) is 9.14. The van der Waals surface area contributed by atoms with Crippen LogP contribution in [0.15, 0.2) is 0 Å². The summed E-state index contributed by atoms with van der Waals surface area (Å²) < 4.78 is 47.8. The Bertz CT molecular complexity index is 526. The Hall–Kier alpha value is 0.980. The maximum atomic E-state index is 10.4. The minimum atomic E-state index is -4.67. The van der Waals surface area contributed by atoms with E-state index in [0.717, 1.165) is 19.3 Å². The molecule has 0 aromatic heterocycles. The number of unbranched alkanes of at least 4 members (excludes halogenated alkanes) is 18. The molecule has 210 valence electrons. The van der Waals surface area contributed by atoms with E-state index in [9.17, 15) is 4.57 Å². The molecule has 0 saturated heterocycles. The molecule has 0 aromatic rings. The summed E-state index contributed by atoms with van der Waals surface area (Å²) in [6, 6.07) is 0. The van der Waals surface area contributed by atoms with E-state index in [0.29, 0.717) is 0 Å². The monoisotopic (exact) mass is 556 g/mol. The number of hydrogen-bond acceptors (Lipinski definition) is 4. The average molecular weight is 557 g/mol. The molecule has 35 heavy (non-hydrogen) atoms. The van der Waals surface area contributed by atoms with Crippen LogP contribution in [0.5, 0.6) is 0 Å². The largest absolute Gasteiger partial charge is 0.394 e. The van der Waals surface area contributed by atoms with Gasteiger partial charge in [0.15, 0.2) is 0 Å². The van der Waals surface area contributed by atoms with Crippen LogP contribution in [0.25, 0.3) is 0 Å². The molecule has 8 nitrogen and oxygen atoms in total. The molecule has 0 atom stereocenters. The van der Waals surface area contributed by atoms with E-state index in [2.05, 4.69) is 18.4 Å². The van der Waals surface area contributed by atoms with Crippen LogP contribution < -0.4 is 0 Å². The molecule has 0 aromatic carbocycles. The fraction of sp³-hybridized carbons (Fsp3) is 1.00. The van der Waals surface area contributed by atoms with Crippen molar-refractivity contribution in [3.8, 4) is 0 Å². The summed E-state index contributed by atoms with van der Waals surface area (Å²) in [6.45, 7) is 4.68. The SMILES string of the molecule is CCCCCCCCCCCCOP(=O)(O)O.CCCCCCCCCCC[CH2][Na].O=S(=O)(O)O. The van der Waals surface area contributed by atoms with Gasteiger partial charge in [0.25, 0.3) is 0 Å². The summed E-state index contributed by atoms with van der Waals surface area (Å²) in [6.07, 6.45) is 26.8. The van der Waals surface area contributed by atoms with Crippen molar-refractivity contribution in [2.75, 3.05) is 6.61 Å². The summed E-state index contributed by atoms with van der Waals surface area (Å²) in [4.78, 5) is 16.9. The fourth-order valence-electron chi connectivity index (χ4n) is 3.51. The minimum Gasteiger partial charge on any atom is -0.264 e. The second kappa shape index (κ2) is 31.2. The molecule has 0 saturated carbocycles. The zero-order chi connectivity index (χ0) is 27.3. The first kappa shape index (κ1) is 40.5. The van der Waals surface area contributed by atoms with Gasteiger partial charge < -0.3 is 9.79 Å². The topological polar surface area (TPSA) is 141 Å². The van der Waals surface area contributed by atoms with E-state index in [1.165, 1.54) is 141 Å². The third kappa shape index (κ3) is 61.0. The predicted octanol–water partition coefficient (Wildman–Crippen LogP) is 7.86. The Balaban J connectivity index is -0.000000502. The van der Waals surface area contributed by atoms with Gasteiger partial charge in [-0.25, -0.2) is 4.57 Å². The van der Waals surface area contributed by atoms with Crippen LogP contribution in [-0.2, 0) is 19.5 Å². The Kier molecular flexibility index (Phi) is 36.1. The third-order valence-corrected chi connectivity index (χ3v) is 6.69. The summed E-state index contributed by atoms with van der Waals surface area (Å²) >= 11 is 1.41. The smallest absolute Gasteiger partial charge is 0.264 e. The van der Waals surface area contributed by atoms with Crippen LogP contribution in [0.3, 0.4) is 0 Å². The quantitative estimate of drug-likeness (QED) is 0.0457. The van der Waals surface area contributed by atoms with Crippen molar-refractivity contribution in [2.45, 2.75) is 146 Å². The van der Waals surface area contributed by atoms with Crippen LogP contribution in [-0.4, -0.2) is 61.8 Å². The molecule has 4 N–H and O–H groups in total. The predicted molar refractivity (Wildman–Crippen MR) is 146 cm³/mol. The van der Waals surface area contributed by atoms with Gasteiger partial charge in [0.2, 0.25) is 0 Å². The zero-order valence-electron chi connectivity index (χ0n) is 22.8. The molecular formula is C24H54NaO8PS. The Morgan fingerprint density at radius 1 is 0.600 bits per heavy atom. The molecule has 0 aliphatic rings. The van der Waals surface area contributed by atoms with Crippen molar-refractivity contribution in [2.24, 2.45) is 0 Å². The van der Waals surface area contributed by atoms with Gasteiger partial charge in [-0.2, -0.15) is 8.42 Å². The summed E-state index contributed by atoms with van der Waals surface area (Å²) in [7, 11) is -8.91. The van der Waals surface area contributed by atoms with Gasteiger partial charge in [0.1, 0.15) is 0 Å². The molecule has 0 unspecified atom stereocenters. The number of hydrogen-bond donors (Lipinski definition) is 4. The Labute approximate surface area is 234 Å². The maximum Gasteiger partial charge on any atom is 0.394 e. The Morgan fingerprint density at radius 3 is 1.11 bits per heavy atom. The average Bonchev–Trinajstić information content (AvgIpc) is 2.75. The standard InChI is InChI=1S/C12H27O4P.C12H25.Na.H2O4S/c1-2-3-4-5-6-7-8-9-10-11-12-16-17(13,14)15;1-3-5-7-9-11-12-10-8-6-4-2;;1-5(2,3)4/h2-12H2,1H3,(H2,13,14,15);1,3-12H2,2H3;;(H2,1,2,3,4). The van der Waals surface area contributed by atoms with Gasteiger partial charge in [-0.15, -0.1) is 0 Å². The minimum absolute atomic E-state index is 0.167. The maximum absolute atomic E-state index is 10.4. The first-order valence-electron chi connectivity index (χ1n) is 13.9. The first-order chi connectivity index (χ1) is 16.5. The molecule has 0 spiro atoms. The van der Waals surface area contributed by atoms with Crippen molar-refractivity contribution in [1.29, 1.82) is 0 Å². The summed E-state index contributed by atoms with van der Waals surface area (Å²) in [5, 5.41) is 0. The second-order valence-corrected chi connectivity index (χ2v) is 12.3. The fourth-order valence-corrected chi connectivity index (χ4v) is 4.38. The molecule has 0 amide bonds. The van der Waals surface area contributed by atoms with Crippen molar-refractivity contribution in [3.05, 3.63) is 0 Å². The van der Waals surface area contributed by atoms with Gasteiger partial charge in [0.05, 0.1) is 6.61 Å². The van der Waals surface area contributed by atoms with E-state index in [1.54, 1.807) is 0 Å². The molecule has 0 rings (SSSR count). The molecule has 0 aliphatic carbocycles. The Morgan fingerprint density at radius 2 is 0.857 bits per heavy atom. The van der Waals surface area contributed by atoms with Crippen molar-refractivity contribution < 1.29 is 36.4 Å².